The van der Waals surface area contributed by atoms with Crippen molar-refractivity contribution in [3.05, 3.63) is 64.5 Å². The molecule has 0 aliphatic carbocycles. The predicted molar refractivity (Wildman–Crippen MR) is 114 cm³/mol. The van der Waals surface area contributed by atoms with E-state index in [9.17, 15) is 19.2 Å². The highest BCUT2D eigenvalue weighted by Gasteiger charge is 2.33. The largest absolute Gasteiger partial charge is 0.359 e. The summed E-state index contributed by atoms with van der Waals surface area (Å²) < 4.78 is 0. The van der Waals surface area contributed by atoms with Crippen LogP contribution in [0.15, 0.2) is 36.5 Å². The van der Waals surface area contributed by atoms with Crippen LogP contribution in [0, 0.1) is 11.8 Å². The van der Waals surface area contributed by atoms with Crippen LogP contribution in [0.3, 0.4) is 0 Å². The van der Waals surface area contributed by atoms with Gasteiger partial charge in [0.1, 0.15) is 12.0 Å². The molecule has 1 aromatic carbocycles. The van der Waals surface area contributed by atoms with Gasteiger partial charge in [0.15, 0.2) is 6.29 Å². The molecule has 0 fully saturated rings. The van der Waals surface area contributed by atoms with Crippen molar-refractivity contribution in [2.24, 2.45) is 0 Å². The summed E-state index contributed by atoms with van der Waals surface area (Å²) in [5, 5.41) is 2.52. The molecule has 0 spiro atoms. The number of aryl methyl sites for hydroxylation is 1. The fourth-order valence-corrected chi connectivity index (χ4v) is 3.46. The number of hydrogen-bond donors (Lipinski definition) is 1. The molecule has 1 N–H and O–H groups in total. The van der Waals surface area contributed by atoms with E-state index in [0.29, 0.717) is 36.9 Å². The maximum atomic E-state index is 12.8. The molecule has 7 heteroatoms. The van der Waals surface area contributed by atoms with E-state index in [1.165, 1.54) is 11.9 Å². The summed E-state index contributed by atoms with van der Waals surface area (Å²) in [6, 6.07) is 8.26. The average molecular weight is 417 g/mol. The second kappa shape index (κ2) is 10.3. The summed E-state index contributed by atoms with van der Waals surface area (Å²) in [5.41, 5.74) is 3.51. The fourth-order valence-electron chi connectivity index (χ4n) is 3.46. The van der Waals surface area contributed by atoms with E-state index in [1.807, 2.05) is 12.1 Å². The van der Waals surface area contributed by atoms with Crippen LogP contribution in [-0.2, 0) is 22.6 Å². The molecule has 31 heavy (non-hydrogen) atoms. The molecular weight excluding hydrogens is 394 g/mol. The van der Waals surface area contributed by atoms with E-state index in [0.717, 1.165) is 23.0 Å². The monoisotopic (exact) mass is 417 g/mol. The lowest BCUT2D eigenvalue weighted by Gasteiger charge is -2.22. The Kier molecular flexibility index (Phi) is 7.28. The van der Waals surface area contributed by atoms with Gasteiger partial charge in [0.05, 0.1) is 6.04 Å². The summed E-state index contributed by atoms with van der Waals surface area (Å²) in [4.78, 5) is 52.1. The van der Waals surface area contributed by atoms with Crippen LogP contribution in [-0.4, -0.2) is 47.4 Å². The van der Waals surface area contributed by atoms with E-state index in [2.05, 4.69) is 22.1 Å². The van der Waals surface area contributed by atoms with Gasteiger partial charge in [0.2, 0.25) is 5.91 Å². The lowest BCUT2D eigenvalue weighted by atomic mass is 10.0. The molecule has 0 saturated heterocycles. The van der Waals surface area contributed by atoms with Crippen molar-refractivity contribution in [2.45, 2.75) is 38.3 Å². The number of rotatable bonds is 8. The van der Waals surface area contributed by atoms with Crippen LogP contribution in [0.25, 0.3) is 0 Å². The Balaban J connectivity index is 1.68. The molecular formula is C24H23N3O4. The van der Waals surface area contributed by atoms with Crippen molar-refractivity contribution in [3.8, 4) is 11.8 Å². The second-order valence-corrected chi connectivity index (χ2v) is 7.19. The van der Waals surface area contributed by atoms with E-state index in [1.54, 1.807) is 24.4 Å². The number of nitrogens with zero attached hydrogens (tertiary/aromatic N) is 2. The van der Waals surface area contributed by atoms with Crippen molar-refractivity contribution in [2.75, 3.05) is 7.05 Å². The number of nitrogens with one attached hydrogen (secondary N) is 1. The zero-order valence-electron chi connectivity index (χ0n) is 17.3. The molecule has 1 aliphatic rings. The third-order valence-electron chi connectivity index (χ3n) is 5.23. The highest BCUT2D eigenvalue weighted by Crippen LogP contribution is 2.28. The zero-order chi connectivity index (χ0) is 22.2. The zero-order valence-corrected chi connectivity index (χ0v) is 17.3. The maximum absolute atomic E-state index is 12.8. The molecule has 1 unspecified atom stereocenters. The fraction of sp³-hybridized carbons (Fsp3) is 0.292. The third-order valence-corrected chi connectivity index (χ3v) is 5.23. The Morgan fingerprint density at radius 1 is 1.29 bits per heavy atom. The number of aldehydes is 2. The number of carbonyl (C=O) groups excluding carboxylic acids is 4. The van der Waals surface area contributed by atoms with Gasteiger partial charge in [0.25, 0.3) is 5.91 Å². The first-order chi connectivity index (χ1) is 15.1. The van der Waals surface area contributed by atoms with Gasteiger partial charge in [-0.3, -0.25) is 19.4 Å². The summed E-state index contributed by atoms with van der Waals surface area (Å²) in [5.74, 6) is 5.88. The Morgan fingerprint density at radius 3 is 2.81 bits per heavy atom. The van der Waals surface area contributed by atoms with Crippen molar-refractivity contribution in [1.82, 2.24) is 15.2 Å². The molecule has 0 bridgehead atoms. The number of fused-ring (bicyclic) bond motifs is 1. The van der Waals surface area contributed by atoms with Crippen LogP contribution in [0.1, 0.15) is 56.8 Å². The Morgan fingerprint density at radius 2 is 2.13 bits per heavy atom. The first-order valence-electron chi connectivity index (χ1n) is 10.0. The van der Waals surface area contributed by atoms with Crippen molar-refractivity contribution >= 4 is 24.4 Å². The molecule has 7 nitrogen and oxygen atoms in total. The lowest BCUT2D eigenvalue weighted by Crippen LogP contribution is -2.37. The summed E-state index contributed by atoms with van der Waals surface area (Å²) in [6.07, 6.45) is 4.86. The Labute approximate surface area is 180 Å². The number of amides is 2. The molecule has 0 radical (unpaired) electrons. The van der Waals surface area contributed by atoms with Crippen LogP contribution < -0.4 is 5.32 Å². The lowest BCUT2D eigenvalue weighted by molar-refractivity contribution is -0.121. The quantitative estimate of drug-likeness (QED) is 0.523. The predicted octanol–water partition coefficient (Wildman–Crippen LogP) is 1.93. The van der Waals surface area contributed by atoms with Crippen molar-refractivity contribution in [1.29, 1.82) is 0 Å². The Hall–Kier alpha value is -3.79. The van der Waals surface area contributed by atoms with Crippen LogP contribution >= 0.6 is 0 Å². The first kappa shape index (κ1) is 21.9. The molecule has 1 atom stereocenters. The van der Waals surface area contributed by atoms with Gasteiger partial charge in [0, 0.05) is 43.8 Å². The number of pyridine rings is 1. The highest BCUT2D eigenvalue weighted by atomic mass is 16.2. The van der Waals surface area contributed by atoms with Gasteiger partial charge in [-0.05, 0) is 42.2 Å². The third kappa shape index (κ3) is 5.23. The van der Waals surface area contributed by atoms with Gasteiger partial charge in [-0.25, -0.2) is 0 Å². The number of hydrogen-bond acceptors (Lipinski definition) is 5. The van der Waals surface area contributed by atoms with E-state index < -0.39 is 6.04 Å². The number of benzene rings is 1. The van der Waals surface area contributed by atoms with Gasteiger partial charge in [-0.1, -0.05) is 24.0 Å². The summed E-state index contributed by atoms with van der Waals surface area (Å²) in [6.45, 7) is 0.299. The molecule has 1 aliphatic heterocycles. The molecule has 2 heterocycles. The normalized spacial score (nSPS) is 13.1. The van der Waals surface area contributed by atoms with Gasteiger partial charge < -0.3 is 15.0 Å². The minimum atomic E-state index is -0.653. The molecule has 2 amide bonds. The molecule has 158 valence electrons. The van der Waals surface area contributed by atoms with Crippen LogP contribution in [0.4, 0.5) is 0 Å². The maximum Gasteiger partial charge on any atom is 0.255 e. The van der Waals surface area contributed by atoms with Gasteiger partial charge >= 0.3 is 0 Å². The SMILES string of the molecule is CNC(=O)CCC(C=O)N1Cc2c(C#CCCc3ccc(C=O)nc3)cccc2C1=O. The van der Waals surface area contributed by atoms with Gasteiger partial charge in [-0.15, -0.1) is 0 Å². The van der Waals surface area contributed by atoms with E-state index in [-0.39, 0.29) is 24.7 Å². The van der Waals surface area contributed by atoms with Crippen molar-refractivity contribution in [3.63, 3.8) is 0 Å². The number of aromatic nitrogens is 1. The van der Waals surface area contributed by atoms with Crippen molar-refractivity contribution < 1.29 is 19.2 Å². The topological polar surface area (TPSA) is 96.4 Å². The molecule has 3 rings (SSSR count). The standard InChI is InChI=1S/C24H23N3O4/c1-25-23(30)12-11-20(16-29)27-14-22-18(7-4-8-21(22)24(27)31)6-3-2-5-17-9-10-19(15-28)26-13-17/h4,7-10,13,15-16,20H,2,5,11-12,14H2,1H3,(H,25,30). The number of carbonyl (C=O) groups is 4. The summed E-state index contributed by atoms with van der Waals surface area (Å²) >= 11 is 0. The van der Waals surface area contributed by atoms with Crippen LogP contribution in [0.5, 0.6) is 0 Å². The average Bonchev–Trinajstić information content (AvgIpc) is 3.14. The van der Waals surface area contributed by atoms with E-state index in [4.69, 9.17) is 0 Å². The minimum absolute atomic E-state index is 0.168. The van der Waals surface area contributed by atoms with Gasteiger partial charge in [-0.2, -0.15) is 0 Å². The first-order valence-corrected chi connectivity index (χ1v) is 10.0. The molecule has 0 saturated carbocycles. The minimum Gasteiger partial charge on any atom is -0.359 e. The molecule has 2 aromatic rings. The highest BCUT2D eigenvalue weighted by molar-refractivity contribution is 6.00. The second-order valence-electron chi connectivity index (χ2n) is 7.19. The summed E-state index contributed by atoms with van der Waals surface area (Å²) in [7, 11) is 1.54. The Bertz CT molecular complexity index is 1050. The smallest absolute Gasteiger partial charge is 0.255 e. The van der Waals surface area contributed by atoms with Crippen LogP contribution in [0.2, 0.25) is 0 Å². The molecule has 1 aromatic heterocycles. The van der Waals surface area contributed by atoms with E-state index >= 15 is 0 Å².